The molecule has 1 atom stereocenters. The van der Waals surface area contributed by atoms with E-state index in [2.05, 4.69) is 22.8 Å². The Morgan fingerprint density at radius 3 is 2.76 bits per heavy atom. The monoisotopic (exact) mass is 337 g/mol. The Morgan fingerprint density at radius 1 is 1.16 bits per heavy atom. The zero-order valence-electron chi connectivity index (χ0n) is 14.6. The molecule has 2 aromatic carbocycles. The van der Waals surface area contributed by atoms with Gasteiger partial charge in [-0.3, -0.25) is 4.79 Å². The van der Waals surface area contributed by atoms with Crippen molar-refractivity contribution < 1.29 is 9.59 Å². The van der Waals surface area contributed by atoms with Gasteiger partial charge in [-0.2, -0.15) is 0 Å². The van der Waals surface area contributed by atoms with Crippen LogP contribution in [0.1, 0.15) is 36.1 Å². The molecule has 0 bridgehead atoms. The average molecular weight is 337 g/mol. The first kappa shape index (κ1) is 17.0. The van der Waals surface area contributed by atoms with Gasteiger partial charge in [0.15, 0.2) is 0 Å². The molecule has 0 aliphatic heterocycles. The van der Waals surface area contributed by atoms with Gasteiger partial charge in [0.2, 0.25) is 5.91 Å². The van der Waals surface area contributed by atoms with Crippen LogP contribution in [-0.4, -0.2) is 23.9 Å². The first-order valence-electron chi connectivity index (χ1n) is 8.49. The zero-order chi connectivity index (χ0) is 17.8. The second-order valence-electron chi connectivity index (χ2n) is 6.40. The van der Waals surface area contributed by atoms with Crippen LogP contribution in [-0.2, 0) is 17.8 Å². The largest absolute Gasteiger partial charge is 0.334 e. The number of carbonyl (C=O) groups is 2. The third-order valence-electron chi connectivity index (χ3n) is 4.58. The van der Waals surface area contributed by atoms with Gasteiger partial charge in [-0.1, -0.05) is 36.4 Å². The molecule has 2 N–H and O–H groups in total. The molecule has 3 amide bonds. The maximum Gasteiger partial charge on any atom is 0.317 e. The summed E-state index contributed by atoms with van der Waals surface area (Å²) in [5, 5.41) is 5.71. The minimum absolute atomic E-state index is 0.0911. The number of fused-ring (bicyclic) bond motifs is 1. The minimum Gasteiger partial charge on any atom is -0.334 e. The third-order valence-corrected chi connectivity index (χ3v) is 4.58. The van der Waals surface area contributed by atoms with Crippen molar-refractivity contribution in [3.63, 3.8) is 0 Å². The Bertz CT molecular complexity index is 788. The molecule has 1 aliphatic rings. The van der Waals surface area contributed by atoms with Gasteiger partial charge in [0.05, 0.1) is 6.04 Å². The van der Waals surface area contributed by atoms with E-state index in [4.69, 9.17) is 0 Å². The average Bonchev–Trinajstić information content (AvgIpc) is 3.03. The SMILES string of the molecule is CC(=O)Nc1cccc(CNC(=O)N(C)C2CCc3ccccc32)c1. The standard InChI is InChI=1S/C20H23N3O2/c1-14(24)22-17-8-5-6-15(12-17)13-21-20(25)23(2)19-11-10-16-7-3-4-9-18(16)19/h3-9,12,19H,10-11,13H2,1-2H3,(H,21,25)(H,22,24). The summed E-state index contributed by atoms with van der Waals surface area (Å²) < 4.78 is 0. The summed E-state index contributed by atoms with van der Waals surface area (Å²) in [6, 6.07) is 15.8. The van der Waals surface area contributed by atoms with Crippen molar-refractivity contribution in [2.45, 2.75) is 32.4 Å². The maximum absolute atomic E-state index is 12.5. The number of hydrogen-bond donors (Lipinski definition) is 2. The Balaban J connectivity index is 1.60. The fourth-order valence-corrected chi connectivity index (χ4v) is 3.34. The number of aryl methyl sites for hydroxylation is 1. The smallest absolute Gasteiger partial charge is 0.317 e. The van der Waals surface area contributed by atoms with Gasteiger partial charge in [-0.25, -0.2) is 4.79 Å². The number of anilines is 1. The molecule has 1 aliphatic carbocycles. The predicted octanol–water partition coefficient (Wildman–Crippen LogP) is 3.47. The number of amides is 3. The number of benzene rings is 2. The van der Waals surface area contributed by atoms with E-state index in [1.54, 1.807) is 4.90 Å². The topological polar surface area (TPSA) is 61.4 Å². The van der Waals surface area contributed by atoms with E-state index in [0.29, 0.717) is 6.54 Å². The van der Waals surface area contributed by atoms with Crippen LogP contribution in [0.5, 0.6) is 0 Å². The lowest BCUT2D eigenvalue weighted by Gasteiger charge is -2.25. The minimum atomic E-state index is -0.110. The van der Waals surface area contributed by atoms with E-state index >= 15 is 0 Å². The Morgan fingerprint density at radius 2 is 1.96 bits per heavy atom. The van der Waals surface area contributed by atoms with Crippen molar-refractivity contribution in [2.24, 2.45) is 0 Å². The Hall–Kier alpha value is -2.82. The molecule has 0 saturated heterocycles. The second kappa shape index (κ2) is 7.38. The van der Waals surface area contributed by atoms with Crippen LogP contribution in [0.15, 0.2) is 48.5 Å². The highest BCUT2D eigenvalue weighted by atomic mass is 16.2. The molecule has 0 aromatic heterocycles. The molecule has 0 radical (unpaired) electrons. The van der Waals surface area contributed by atoms with Gasteiger partial charge in [-0.15, -0.1) is 0 Å². The summed E-state index contributed by atoms with van der Waals surface area (Å²) in [6.45, 7) is 1.90. The summed E-state index contributed by atoms with van der Waals surface area (Å²) in [5.74, 6) is -0.110. The van der Waals surface area contributed by atoms with E-state index in [-0.39, 0.29) is 18.0 Å². The van der Waals surface area contributed by atoms with Gasteiger partial charge >= 0.3 is 6.03 Å². The molecular weight excluding hydrogens is 314 g/mol. The summed E-state index contributed by atoms with van der Waals surface area (Å²) in [7, 11) is 1.84. The van der Waals surface area contributed by atoms with Crippen LogP contribution in [0.4, 0.5) is 10.5 Å². The highest BCUT2D eigenvalue weighted by molar-refractivity contribution is 5.88. The van der Waals surface area contributed by atoms with Gasteiger partial charge in [0.1, 0.15) is 0 Å². The van der Waals surface area contributed by atoms with Crippen molar-refractivity contribution in [3.8, 4) is 0 Å². The van der Waals surface area contributed by atoms with Crippen molar-refractivity contribution >= 4 is 17.6 Å². The Kier molecular flexibility index (Phi) is 5.03. The van der Waals surface area contributed by atoms with E-state index in [9.17, 15) is 9.59 Å². The number of rotatable bonds is 4. The predicted molar refractivity (Wildman–Crippen MR) is 98.2 cm³/mol. The van der Waals surface area contributed by atoms with Gasteiger partial charge < -0.3 is 15.5 Å². The van der Waals surface area contributed by atoms with Crippen molar-refractivity contribution in [1.82, 2.24) is 10.2 Å². The van der Waals surface area contributed by atoms with Crippen LogP contribution in [0.3, 0.4) is 0 Å². The number of urea groups is 1. The van der Waals surface area contributed by atoms with Crippen LogP contribution in [0, 0.1) is 0 Å². The maximum atomic E-state index is 12.5. The molecule has 0 fully saturated rings. The lowest BCUT2D eigenvalue weighted by molar-refractivity contribution is -0.114. The number of nitrogens with one attached hydrogen (secondary N) is 2. The molecule has 25 heavy (non-hydrogen) atoms. The van der Waals surface area contributed by atoms with E-state index in [0.717, 1.165) is 24.1 Å². The van der Waals surface area contributed by atoms with E-state index < -0.39 is 0 Å². The fourth-order valence-electron chi connectivity index (χ4n) is 3.34. The quantitative estimate of drug-likeness (QED) is 0.897. The van der Waals surface area contributed by atoms with Crippen LogP contribution in [0.25, 0.3) is 0 Å². The first-order chi connectivity index (χ1) is 12.0. The number of carbonyl (C=O) groups excluding carboxylic acids is 2. The normalized spacial score (nSPS) is 15.4. The lowest BCUT2D eigenvalue weighted by atomic mass is 10.1. The van der Waals surface area contributed by atoms with Crippen molar-refractivity contribution in [3.05, 3.63) is 65.2 Å². The van der Waals surface area contributed by atoms with Crippen molar-refractivity contribution in [2.75, 3.05) is 12.4 Å². The molecule has 130 valence electrons. The summed E-state index contributed by atoms with van der Waals surface area (Å²) in [5.41, 5.74) is 4.25. The summed E-state index contributed by atoms with van der Waals surface area (Å²) in [6.07, 6.45) is 1.97. The van der Waals surface area contributed by atoms with Gasteiger partial charge in [-0.05, 0) is 41.7 Å². The van der Waals surface area contributed by atoms with E-state index in [1.165, 1.54) is 18.1 Å². The lowest BCUT2D eigenvalue weighted by Crippen LogP contribution is -2.38. The molecule has 5 heteroatoms. The number of hydrogen-bond acceptors (Lipinski definition) is 2. The molecule has 0 spiro atoms. The molecule has 0 saturated carbocycles. The highest BCUT2D eigenvalue weighted by Gasteiger charge is 2.28. The van der Waals surface area contributed by atoms with Crippen molar-refractivity contribution in [1.29, 1.82) is 0 Å². The molecule has 2 aromatic rings. The fraction of sp³-hybridized carbons (Fsp3) is 0.300. The first-order valence-corrected chi connectivity index (χ1v) is 8.49. The van der Waals surface area contributed by atoms with Gasteiger partial charge in [0.25, 0.3) is 0 Å². The van der Waals surface area contributed by atoms with E-state index in [1.807, 2.05) is 43.4 Å². The highest BCUT2D eigenvalue weighted by Crippen LogP contribution is 2.34. The summed E-state index contributed by atoms with van der Waals surface area (Å²) in [4.78, 5) is 25.4. The Labute approximate surface area is 148 Å². The summed E-state index contributed by atoms with van der Waals surface area (Å²) >= 11 is 0. The van der Waals surface area contributed by atoms with Crippen LogP contribution in [0.2, 0.25) is 0 Å². The van der Waals surface area contributed by atoms with Crippen LogP contribution >= 0.6 is 0 Å². The third kappa shape index (κ3) is 3.99. The molecule has 5 nitrogen and oxygen atoms in total. The molecule has 3 rings (SSSR count). The molecule has 1 unspecified atom stereocenters. The van der Waals surface area contributed by atoms with Gasteiger partial charge in [0, 0.05) is 26.2 Å². The second-order valence-corrected chi connectivity index (χ2v) is 6.40. The molecule has 0 heterocycles. The van der Waals surface area contributed by atoms with Crippen LogP contribution < -0.4 is 10.6 Å². The number of nitrogens with zero attached hydrogens (tertiary/aromatic N) is 1. The zero-order valence-corrected chi connectivity index (χ0v) is 14.6. The molecular formula is C20H23N3O2.